The zero-order chi connectivity index (χ0) is 11.5. The minimum absolute atomic E-state index is 0.113. The average Bonchev–Trinajstić information content (AvgIpc) is 2.28. The van der Waals surface area contributed by atoms with Gasteiger partial charge in [0.2, 0.25) is 0 Å². The number of hydrogen-bond acceptors (Lipinski definition) is 3. The van der Waals surface area contributed by atoms with Crippen molar-refractivity contribution in [1.82, 2.24) is 10.6 Å². The number of rotatable bonds is 2. The predicted octanol–water partition coefficient (Wildman–Crippen LogP) is 1.99. The fourth-order valence-corrected chi connectivity index (χ4v) is 2.23. The number of benzene rings is 1. The maximum Gasteiger partial charge on any atom is 0.118 e. The first-order valence-corrected chi connectivity index (χ1v) is 5.79. The van der Waals surface area contributed by atoms with E-state index in [1.54, 1.807) is 7.11 Å². The van der Waals surface area contributed by atoms with Gasteiger partial charge in [0.15, 0.2) is 0 Å². The van der Waals surface area contributed by atoms with Gasteiger partial charge in [0.05, 0.1) is 12.1 Å². The van der Waals surface area contributed by atoms with Gasteiger partial charge in [-0.2, -0.15) is 0 Å². The van der Waals surface area contributed by atoms with Crippen LogP contribution in [0.2, 0.25) is 0 Å². The van der Waals surface area contributed by atoms with E-state index < -0.39 is 0 Å². The predicted molar refractivity (Wildman–Crippen MR) is 68.7 cm³/mol. The van der Waals surface area contributed by atoms with E-state index in [9.17, 15) is 0 Å². The van der Waals surface area contributed by atoms with Gasteiger partial charge >= 0.3 is 0 Å². The Labute approximate surface area is 101 Å². The molecule has 0 aromatic heterocycles. The molecule has 2 atom stereocenters. The van der Waals surface area contributed by atoms with Crippen LogP contribution in [0.4, 0.5) is 0 Å². The van der Waals surface area contributed by atoms with E-state index in [1.807, 2.05) is 24.3 Å². The minimum Gasteiger partial charge on any atom is -0.497 e. The average molecular weight is 236 g/mol. The summed E-state index contributed by atoms with van der Waals surface area (Å²) in [5.41, 5.74) is 1.18. The van der Waals surface area contributed by atoms with Crippen molar-refractivity contribution in [2.45, 2.75) is 25.6 Å². The SMILES string of the molecule is COc1ccc(C2NC(=S)CC(C)N2)cc1. The van der Waals surface area contributed by atoms with Gasteiger partial charge in [-0.25, -0.2) is 0 Å². The van der Waals surface area contributed by atoms with Crippen molar-refractivity contribution in [1.29, 1.82) is 0 Å². The summed E-state index contributed by atoms with van der Waals surface area (Å²) < 4.78 is 5.13. The second-order valence-electron chi connectivity index (χ2n) is 4.05. The highest BCUT2D eigenvalue weighted by molar-refractivity contribution is 7.80. The summed E-state index contributed by atoms with van der Waals surface area (Å²) in [4.78, 5) is 0.923. The largest absolute Gasteiger partial charge is 0.497 e. The lowest BCUT2D eigenvalue weighted by Gasteiger charge is -2.31. The standard InChI is InChI=1S/C12H16N2OS/c1-8-7-11(16)14-12(13-8)9-3-5-10(15-2)6-4-9/h3-6,8,12-13H,7H2,1-2H3,(H,14,16). The summed E-state index contributed by atoms with van der Waals surface area (Å²) in [5, 5.41) is 6.74. The molecule has 1 saturated heterocycles. The molecule has 2 N–H and O–H groups in total. The Bertz CT molecular complexity index is 377. The lowest BCUT2D eigenvalue weighted by atomic mass is 10.1. The Hall–Kier alpha value is -1.13. The number of nitrogens with one attached hydrogen (secondary N) is 2. The van der Waals surface area contributed by atoms with Crippen LogP contribution in [0.3, 0.4) is 0 Å². The molecule has 0 bridgehead atoms. The summed E-state index contributed by atoms with van der Waals surface area (Å²) in [6.45, 7) is 2.14. The lowest BCUT2D eigenvalue weighted by molar-refractivity contribution is 0.404. The molecule has 3 nitrogen and oxygen atoms in total. The van der Waals surface area contributed by atoms with Crippen molar-refractivity contribution in [3.05, 3.63) is 29.8 Å². The van der Waals surface area contributed by atoms with Crippen LogP contribution in [-0.4, -0.2) is 18.1 Å². The molecule has 1 aliphatic rings. The van der Waals surface area contributed by atoms with Gasteiger partial charge in [-0.05, 0) is 24.6 Å². The number of methoxy groups -OCH3 is 1. The first kappa shape index (κ1) is 11.4. The second-order valence-corrected chi connectivity index (χ2v) is 4.54. The Morgan fingerprint density at radius 3 is 2.56 bits per heavy atom. The Kier molecular flexibility index (Phi) is 3.41. The van der Waals surface area contributed by atoms with Crippen LogP contribution in [0.5, 0.6) is 5.75 Å². The molecule has 86 valence electrons. The Morgan fingerprint density at radius 2 is 2.00 bits per heavy atom. The van der Waals surface area contributed by atoms with Crippen LogP contribution in [-0.2, 0) is 0 Å². The van der Waals surface area contributed by atoms with E-state index in [0.717, 1.165) is 17.2 Å². The summed E-state index contributed by atoms with van der Waals surface area (Å²) in [5.74, 6) is 0.871. The van der Waals surface area contributed by atoms with E-state index in [1.165, 1.54) is 5.56 Å². The molecule has 0 saturated carbocycles. The van der Waals surface area contributed by atoms with Crippen LogP contribution in [0.15, 0.2) is 24.3 Å². The minimum atomic E-state index is 0.113. The van der Waals surface area contributed by atoms with Crippen molar-refractivity contribution < 1.29 is 4.74 Å². The molecule has 0 spiro atoms. The van der Waals surface area contributed by atoms with Crippen molar-refractivity contribution in [2.24, 2.45) is 0 Å². The van der Waals surface area contributed by atoms with Gasteiger partial charge in [0, 0.05) is 12.5 Å². The van der Waals surface area contributed by atoms with Crippen molar-refractivity contribution in [2.75, 3.05) is 7.11 Å². The molecular formula is C12H16N2OS. The summed E-state index contributed by atoms with van der Waals surface area (Å²) in [6.07, 6.45) is 1.02. The highest BCUT2D eigenvalue weighted by Crippen LogP contribution is 2.19. The summed E-state index contributed by atoms with van der Waals surface area (Å²) >= 11 is 5.23. The van der Waals surface area contributed by atoms with Crippen LogP contribution < -0.4 is 15.4 Å². The van der Waals surface area contributed by atoms with Crippen LogP contribution in [0.1, 0.15) is 25.1 Å². The zero-order valence-electron chi connectivity index (χ0n) is 9.49. The molecule has 2 rings (SSSR count). The molecule has 1 fully saturated rings. The molecule has 1 aromatic rings. The number of thiocarbonyl (C=S) groups is 1. The van der Waals surface area contributed by atoms with E-state index in [2.05, 4.69) is 17.6 Å². The van der Waals surface area contributed by atoms with E-state index in [-0.39, 0.29) is 6.17 Å². The topological polar surface area (TPSA) is 33.3 Å². The fourth-order valence-electron chi connectivity index (χ4n) is 1.86. The Morgan fingerprint density at radius 1 is 1.31 bits per heavy atom. The molecule has 2 unspecified atom stereocenters. The summed E-state index contributed by atoms with van der Waals surface area (Å²) in [7, 11) is 1.67. The maximum absolute atomic E-state index is 5.23. The quantitative estimate of drug-likeness (QED) is 0.769. The lowest BCUT2D eigenvalue weighted by Crippen LogP contribution is -2.48. The number of ether oxygens (including phenoxy) is 1. The zero-order valence-corrected chi connectivity index (χ0v) is 10.3. The molecule has 1 aliphatic heterocycles. The molecule has 0 amide bonds. The van der Waals surface area contributed by atoms with Crippen LogP contribution >= 0.6 is 12.2 Å². The number of hydrogen-bond donors (Lipinski definition) is 2. The monoisotopic (exact) mass is 236 g/mol. The summed E-state index contributed by atoms with van der Waals surface area (Å²) in [6, 6.07) is 8.43. The van der Waals surface area contributed by atoms with Gasteiger partial charge in [0.1, 0.15) is 11.9 Å². The van der Waals surface area contributed by atoms with E-state index in [0.29, 0.717) is 6.04 Å². The molecule has 0 aliphatic carbocycles. The fraction of sp³-hybridized carbons (Fsp3) is 0.417. The van der Waals surface area contributed by atoms with Gasteiger partial charge in [-0.1, -0.05) is 24.4 Å². The van der Waals surface area contributed by atoms with Gasteiger partial charge < -0.3 is 10.1 Å². The second kappa shape index (κ2) is 4.80. The van der Waals surface area contributed by atoms with Crippen molar-refractivity contribution in [3.63, 3.8) is 0 Å². The van der Waals surface area contributed by atoms with Crippen molar-refractivity contribution >= 4 is 17.2 Å². The van der Waals surface area contributed by atoms with Crippen molar-refractivity contribution in [3.8, 4) is 5.75 Å². The smallest absolute Gasteiger partial charge is 0.118 e. The highest BCUT2D eigenvalue weighted by Gasteiger charge is 2.21. The molecule has 4 heteroatoms. The van der Waals surface area contributed by atoms with E-state index >= 15 is 0 Å². The third-order valence-corrected chi connectivity index (χ3v) is 2.98. The Balaban J connectivity index is 2.13. The van der Waals surface area contributed by atoms with E-state index in [4.69, 9.17) is 17.0 Å². The van der Waals surface area contributed by atoms with Crippen LogP contribution in [0, 0.1) is 0 Å². The van der Waals surface area contributed by atoms with Gasteiger partial charge in [0.25, 0.3) is 0 Å². The molecule has 16 heavy (non-hydrogen) atoms. The van der Waals surface area contributed by atoms with Gasteiger partial charge in [-0.15, -0.1) is 0 Å². The normalized spacial score (nSPS) is 25.0. The van der Waals surface area contributed by atoms with Gasteiger partial charge in [-0.3, -0.25) is 5.32 Å². The molecular weight excluding hydrogens is 220 g/mol. The maximum atomic E-state index is 5.23. The first-order valence-electron chi connectivity index (χ1n) is 5.38. The third-order valence-electron chi connectivity index (χ3n) is 2.70. The molecule has 0 radical (unpaired) electrons. The van der Waals surface area contributed by atoms with Crippen LogP contribution in [0.25, 0.3) is 0 Å². The molecule has 1 heterocycles. The highest BCUT2D eigenvalue weighted by atomic mass is 32.1. The molecule has 1 aromatic carbocycles. The third kappa shape index (κ3) is 2.51. The first-order chi connectivity index (χ1) is 7.69.